The van der Waals surface area contributed by atoms with E-state index in [1.165, 1.54) is 0 Å². The van der Waals surface area contributed by atoms with Gasteiger partial charge in [0.2, 0.25) is 0 Å². The van der Waals surface area contributed by atoms with Gasteiger partial charge in [-0.2, -0.15) is 13.2 Å². The Hall–Kier alpha value is -3.10. The van der Waals surface area contributed by atoms with Crippen LogP contribution in [-0.4, -0.2) is 18.9 Å². The molecule has 0 amide bonds. The summed E-state index contributed by atoms with van der Waals surface area (Å²) < 4.78 is 56.3. The topological polar surface area (TPSA) is 88.2 Å². The first kappa shape index (κ1) is 19.9. The quantitative estimate of drug-likeness (QED) is 0.182. The summed E-state index contributed by atoms with van der Waals surface area (Å²) in [4.78, 5) is 11.8. The normalized spacial score (nSPS) is 12.0. The number of nitrogens with two attached hydrogens (primary N) is 1. The molecule has 1 aromatic rings. The largest absolute Gasteiger partial charge is 0.464 e. The third-order valence-corrected chi connectivity index (χ3v) is 3.05. The van der Waals surface area contributed by atoms with Crippen molar-refractivity contribution in [2.75, 3.05) is 7.11 Å². The van der Waals surface area contributed by atoms with Crippen LogP contribution in [-0.2, 0) is 15.7 Å². The minimum Gasteiger partial charge on any atom is -0.464 e. The summed E-state index contributed by atoms with van der Waals surface area (Å²) in [5.74, 6) is -2.90. The molecular weight excluding hydrogens is 342 g/mol. The molecule has 134 valence electrons. The van der Waals surface area contributed by atoms with Crippen LogP contribution in [0.15, 0.2) is 48.7 Å². The summed E-state index contributed by atoms with van der Waals surface area (Å²) in [5.41, 5.74) is 3.10. The lowest BCUT2D eigenvalue weighted by molar-refractivity contribution is -0.140. The van der Waals surface area contributed by atoms with E-state index >= 15 is 0 Å². The van der Waals surface area contributed by atoms with E-state index in [0.29, 0.717) is 12.1 Å². The number of hydrogen-bond donors (Lipinski definition) is 3. The molecule has 0 fully saturated rings. The Morgan fingerprint density at radius 3 is 2.44 bits per heavy atom. The van der Waals surface area contributed by atoms with Crippen LogP contribution >= 0.6 is 0 Å². The molecule has 4 N–H and O–H groups in total. The molecule has 0 radical (unpaired) electrons. The summed E-state index contributed by atoms with van der Waals surface area (Å²) in [5, 5.41) is 9.86. The number of hydrogen-bond acceptors (Lipinski definition) is 4. The molecule has 0 aliphatic rings. The van der Waals surface area contributed by atoms with Crippen LogP contribution in [0.4, 0.5) is 17.6 Å². The molecule has 0 saturated carbocycles. The molecule has 25 heavy (non-hydrogen) atoms. The lowest BCUT2D eigenvalue weighted by atomic mass is 10.1. The van der Waals surface area contributed by atoms with Crippen molar-refractivity contribution < 1.29 is 27.1 Å². The van der Waals surface area contributed by atoms with Crippen LogP contribution < -0.4 is 11.1 Å². The van der Waals surface area contributed by atoms with Crippen LogP contribution in [0.2, 0.25) is 0 Å². The maximum absolute atomic E-state index is 13.4. The SMILES string of the molecule is C=CC(C(=N)N)=C(NC(=C)c1ccc(F)c(C(F)(F)F)c1)C(=O)OC. The third-order valence-electron chi connectivity index (χ3n) is 3.05. The number of esters is 1. The van der Waals surface area contributed by atoms with E-state index in [1.54, 1.807) is 0 Å². The number of amidine groups is 1. The van der Waals surface area contributed by atoms with Gasteiger partial charge in [-0.05, 0) is 23.8 Å². The Morgan fingerprint density at radius 1 is 1.40 bits per heavy atom. The Balaban J connectivity index is 3.33. The average molecular weight is 357 g/mol. The second-order valence-corrected chi connectivity index (χ2v) is 4.69. The first-order chi connectivity index (χ1) is 11.5. The first-order valence-corrected chi connectivity index (χ1v) is 6.65. The van der Waals surface area contributed by atoms with Crippen molar-refractivity contribution in [3.05, 3.63) is 65.6 Å². The predicted molar refractivity (Wildman–Crippen MR) is 84.7 cm³/mol. The van der Waals surface area contributed by atoms with Crippen LogP contribution in [0.25, 0.3) is 5.70 Å². The van der Waals surface area contributed by atoms with E-state index < -0.39 is 29.4 Å². The lowest BCUT2D eigenvalue weighted by Gasteiger charge is -2.16. The summed E-state index contributed by atoms with van der Waals surface area (Å²) in [7, 11) is 1.06. The van der Waals surface area contributed by atoms with Crippen molar-refractivity contribution >= 4 is 17.5 Å². The number of rotatable bonds is 6. The first-order valence-electron chi connectivity index (χ1n) is 6.65. The molecule has 0 bridgehead atoms. The number of benzene rings is 1. The number of alkyl halides is 3. The van der Waals surface area contributed by atoms with Crippen LogP contribution in [0.5, 0.6) is 0 Å². The summed E-state index contributed by atoms with van der Waals surface area (Å²) in [6.45, 7) is 6.93. The number of carbonyl (C=O) groups is 1. The van der Waals surface area contributed by atoms with Gasteiger partial charge in [0.25, 0.3) is 0 Å². The van der Waals surface area contributed by atoms with Gasteiger partial charge in [0.15, 0.2) is 0 Å². The van der Waals surface area contributed by atoms with Crippen molar-refractivity contribution in [2.24, 2.45) is 5.73 Å². The van der Waals surface area contributed by atoms with Crippen molar-refractivity contribution in [1.82, 2.24) is 5.32 Å². The van der Waals surface area contributed by atoms with Crippen molar-refractivity contribution in [2.45, 2.75) is 6.18 Å². The van der Waals surface area contributed by atoms with Gasteiger partial charge in [-0.25, -0.2) is 9.18 Å². The van der Waals surface area contributed by atoms with Gasteiger partial charge in [-0.15, -0.1) is 0 Å². The van der Waals surface area contributed by atoms with Gasteiger partial charge < -0.3 is 15.8 Å². The Kier molecular flexibility index (Phi) is 6.10. The fraction of sp³-hybridized carbons (Fsp3) is 0.125. The Morgan fingerprint density at radius 2 is 2.00 bits per heavy atom. The summed E-state index contributed by atoms with van der Waals surface area (Å²) in [6, 6.07) is 2.23. The zero-order valence-corrected chi connectivity index (χ0v) is 13.1. The maximum atomic E-state index is 13.4. The van der Waals surface area contributed by atoms with Gasteiger partial charge in [0.1, 0.15) is 17.3 Å². The highest BCUT2D eigenvalue weighted by Gasteiger charge is 2.34. The minimum absolute atomic E-state index is 0.123. The van der Waals surface area contributed by atoms with E-state index in [1.807, 2.05) is 0 Å². The van der Waals surface area contributed by atoms with E-state index in [4.69, 9.17) is 11.1 Å². The predicted octanol–water partition coefficient (Wildman–Crippen LogP) is 2.95. The molecule has 0 unspecified atom stereocenters. The number of carbonyl (C=O) groups excluding carboxylic acids is 1. The fourth-order valence-corrected chi connectivity index (χ4v) is 1.83. The summed E-state index contributed by atoms with van der Waals surface area (Å²) >= 11 is 0. The third kappa shape index (κ3) is 4.69. The molecule has 1 aromatic carbocycles. The highest BCUT2D eigenvalue weighted by Crippen LogP contribution is 2.32. The Labute approximate surface area is 141 Å². The maximum Gasteiger partial charge on any atom is 0.419 e. The number of ether oxygens (including phenoxy) is 1. The number of halogens is 4. The van der Waals surface area contributed by atoms with Gasteiger partial charge in [-0.1, -0.05) is 19.2 Å². The number of nitrogens with one attached hydrogen (secondary N) is 2. The molecule has 0 aliphatic heterocycles. The molecule has 5 nitrogen and oxygen atoms in total. The van der Waals surface area contributed by atoms with E-state index in [-0.39, 0.29) is 22.5 Å². The molecule has 0 saturated heterocycles. The monoisotopic (exact) mass is 357 g/mol. The molecule has 0 heterocycles. The second kappa shape index (κ2) is 7.65. The fourth-order valence-electron chi connectivity index (χ4n) is 1.83. The molecule has 0 aromatic heterocycles. The minimum atomic E-state index is -4.90. The zero-order chi connectivity index (χ0) is 19.4. The van der Waals surface area contributed by atoms with Crippen LogP contribution in [0.1, 0.15) is 11.1 Å². The highest BCUT2D eigenvalue weighted by atomic mass is 19.4. The van der Waals surface area contributed by atoms with Gasteiger partial charge >= 0.3 is 12.1 Å². The van der Waals surface area contributed by atoms with E-state index in [0.717, 1.165) is 19.3 Å². The van der Waals surface area contributed by atoms with Crippen molar-refractivity contribution in [3.63, 3.8) is 0 Å². The Bertz CT molecular complexity index is 767. The second-order valence-electron chi connectivity index (χ2n) is 4.69. The van der Waals surface area contributed by atoms with Crippen LogP contribution in [0, 0.1) is 11.2 Å². The molecule has 0 spiro atoms. The van der Waals surface area contributed by atoms with Crippen LogP contribution in [0.3, 0.4) is 0 Å². The van der Waals surface area contributed by atoms with E-state index in [2.05, 4.69) is 23.2 Å². The van der Waals surface area contributed by atoms with Gasteiger partial charge in [0, 0.05) is 11.3 Å². The van der Waals surface area contributed by atoms with Crippen molar-refractivity contribution in [1.29, 1.82) is 5.41 Å². The number of methoxy groups -OCH3 is 1. The average Bonchev–Trinajstić information content (AvgIpc) is 2.52. The molecule has 0 aliphatic carbocycles. The lowest BCUT2D eigenvalue weighted by Crippen LogP contribution is -2.26. The molecule has 0 atom stereocenters. The standard InChI is InChI=1S/C16H15F4N3O2/c1-4-10(14(21)22)13(15(24)25-3)23-8(2)9-5-6-12(17)11(7-9)16(18,19)20/h4-7,23H,1-2H2,3H3,(H3,21,22). The summed E-state index contributed by atoms with van der Waals surface area (Å²) in [6.07, 6.45) is -3.80. The van der Waals surface area contributed by atoms with Gasteiger partial charge in [0.05, 0.1) is 12.7 Å². The highest BCUT2D eigenvalue weighted by molar-refractivity contribution is 6.05. The van der Waals surface area contributed by atoms with E-state index in [9.17, 15) is 22.4 Å². The zero-order valence-electron chi connectivity index (χ0n) is 13.1. The molecule has 9 heteroatoms. The van der Waals surface area contributed by atoms with Crippen molar-refractivity contribution in [3.8, 4) is 0 Å². The smallest absolute Gasteiger partial charge is 0.419 e. The molecular formula is C16H15F4N3O2. The molecule has 1 rings (SSSR count). The van der Waals surface area contributed by atoms with Gasteiger partial charge in [-0.3, -0.25) is 5.41 Å².